The van der Waals surface area contributed by atoms with E-state index in [1.165, 1.54) is 6.92 Å². The Hall–Kier alpha value is -3.81. The van der Waals surface area contributed by atoms with Gasteiger partial charge in [0.05, 0.1) is 5.56 Å². The van der Waals surface area contributed by atoms with E-state index in [4.69, 9.17) is 9.47 Å². The summed E-state index contributed by atoms with van der Waals surface area (Å²) in [5.74, 6) is -1.02. The third kappa shape index (κ3) is 4.84. The van der Waals surface area contributed by atoms with Crippen molar-refractivity contribution in [2.45, 2.75) is 25.1 Å². The Kier molecular flexibility index (Phi) is 6.09. The Morgan fingerprint density at radius 3 is 2.00 bits per heavy atom. The second-order valence-corrected chi connectivity index (χ2v) is 7.63. The molecule has 0 unspecified atom stereocenters. The predicted molar refractivity (Wildman–Crippen MR) is 115 cm³/mol. The summed E-state index contributed by atoms with van der Waals surface area (Å²) in [7, 11) is 0. The molecule has 0 spiro atoms. The van der Waals surface area contributed by atoms with Crippen LogP contribution >= 0.6 is 0 Å². The molecule has 33 heavy (non-hydrogen) atoms. The largest absolute Gasteiger partial charge is 0.449 e. The summed E-state index contributed by atoms with van der Waals surface area (Å²) in [6.45, 7) is 1.48. The van der Waals surface area contributed by atoms with Crippen molar-refractivity contribution in [3.8, 4) is 16.9 Å². The first-order valence-electron chi connectivity index (χ1n) is 10.2. The van der Waals surface area contributed by atoms with Crippen LogP contribution in [-0.4, -0.2) is 24.7 Å². The quantitative estimate of drug-likeness (QED) is 0.405. The number of hydrogen-bond donors (Lipinski definition) is 1. The van der Waals surface area contributed by atoms with E-state index < -0.39 is 29.8 Å². The number of rotatable bonds is 5. The van der Waals surface area contributed by atoms with Gasteiger partial charge in [0, 0.05) is 5.92 Å². The molecule has 0 saturated heterocycles. The first kappa shape index (κ1) is 22.4. The summed E-state index contributed by atoms with van der Waals surface area (Å²) in [5.41, 5.74) is 3.45. The highest BCUT2D eigenvalue weighted by Gasteiger charge is 2.31. The van der Waals surface area contributed by atoms with E-state index in [0.717, 1.165) is 46.5 Å². The number of nitrogens with one attached hydrogen (secondary N) is 1. The molecule has 3 aromatic rings. The Morgan fingerprint density at radius 2 is 1.45 bits per heavy atom. The average molecular weight is 455 g/mol. The summed E-state index contributed by atoms with van der Waals surface area (Å²) in [4.78, 5) is 24.5. The van der Waals surface area contributed by atoms with Gasteiger partial charge in [0.2, 0.25) is 0 Å². The summed E-state index contributed by atoms with van der Waals surface area (Å²) in [6, 6.07) is 18.4. The topological polar surface area (TPSA) is 64.6 Å². The lowest BCUT2D eigenvalue weighted by Crippen LogP contribution is -2.41. The van der Waals surface area contributed by atoms with Gasteiger partial charge in [-0.3, -0.25) is 0 Å². The highest BCUT2D eigenvalue weighted by Crippen LogP contribution is 2.44. The van der Waals surface area contributed by atoms with Crippen molar-refractivity contribution in [2.75, 3.05) is 6.61 Å². The van der Waals surface area contributed by atoms with Gasteiger partial charge < -0.3 is 14.8 Å². The van der Waals surface area contributed by atoms with E-state index in [-0.39, 0.29) is 18.3 Å². The normalized spacial score (nSPS) is 13.6. The monoisotopic (exact) mass is 455 g/mol. The van der Waals surface area contributed by atoms with Crippen LogP contribution in [0.3, 0.4) is 0 Å². The first-order valence-corrected chi connectivity index (χ1v) is 10.2. The van der Waals surface area contributed by atoms with E-state index in [0.29, 0.717) is 0 Å². The van der Waals surface area contributed by atoms with Crippen molar-refractivity contribution in [3.05, 3.63) is 89.5 Å². The minimum atomic E-state index is -4.48. The van der Waals surface area contributed by atoms with Crippen molar-refractivity contribution < 1.29 is 32.2 Å². The molecule has 0 fully saturated rings. The second kappa shape index (κ2) is 8.97. The number of benzene rings is 3. The number of alkyl carbamates (subject to hydrolysis) is 1. The van der Waals surface area contributed by atoms with Gasteiger partial charge in [-0.1, -0.05) is 48.5 Å². The first-order chi connectivity index (χ1) is 15.7. The fourth-order valence-corrected chi connectivity index (χ4v) is 3.79. The highest BCUT2D eigenvalue weighted by molar-refractivity contribution is 5.83. The maximum absolute atomic E-state index is 12.6. The SMILES string of the molecule is C[C@H](NC(=O)OCC1c2ccccc2-c2ccccc21)C(=O)Oc1ccc(C(F)(F)F)cc1. The number of esters is 1. The number of ether oxygens (including phenoxy) is 2. The van der Waals surface area contributed by atoms with Crippen LogP contribution in [0.1, 0.15) is 29.5 Å². The number of hydrogen-bond acceptors (Lipinski definition) is 4. The van der Waals surface area contributed by atoms with Crippen LogP contribution in [0.15, 0.2) is 72.8 Å². The molecular weight excluding hydrogens is 435 g/mol. The van der Waals surface area contributed by atoms with Crippen LogP contribution in [0.4, 0.5) is 18.0 Å². The van der Waals surface area contributed by atoms with Gasteiger partial charge in [0.25, 0.3) is 0 Å². The summed E-state index contributed by atoms with van der Waals surface area (Å²) >= 11 is 0. The Balaban J connectivity index is 1.33. The van der Waals surface area contributed by atoms with Gasteiger partial charge in [-0.05, 0) is 53.4 Å². The molecule has 0 saturated carbocycles. The minimum absolute atomic E-state index is 0.0609. The van der Waals surface area contributed by atoms with Crippen molar-refractivity contribution in [1.82, 2.24) is 5.32 Å². The molecule has 4 rings (SSSR count). The molecule has 1 aliphatic carbocycles. The molecule has 1 amide bonds. The Morgan fingerprint density at radius 1 is 0.909 bits per heavy atom. The molecule has 5 nitrogen and oxygen atoms in total. The third-order valence-electron chi connectivity index (χ3n) is 5.43. The Bertz CT molecular complexity index is 1130. The molecule has 0 aliphatic heterocycles. The number of alkyl halides is 3. The zero-order chi connectivity index (χ0) is 23.6. The molecule has 3 aromatic carbocycles. The highest BCUT2D eigenvalue weighted by atomic mass is 19.4. The van der Waals surface area contributed by atoms with Crippen LogP contribution in [0.5, 0.6) is 5.75 Å². The molecule has 0 radical (unpaired) electrons. The van der Waals surface area contributed by atoms with Crippen LogP contribution in [0.2, 0.25) is 0 Å². The van der Waals surface area contributed by atoms with Crippen LogP contribution < -0.4 is 10.1 Å². The molecule has 170 valence electrons. The maximum atomic E-state index is 12.6. The van der Waals surface area contributed by atoms with Gasteiger partial charge in [0.15, 0.2) is 0 Å². The standard InChI is InChI=1S/C25H20F3NO4/c1-15(23(30)33-17-12-10-16(11-13-17)25(26,27)28)29-24(31)32-14-22-20-8-4-2-6-18(20)19-7-3-5-9-21(19)22/h2-13,15,22H,14H2,1H3,(H,29,31)/t15-/m0/s1. The number of carbonyl (C=O) groups is 2. The van der Waals surface area contributed by atoms with Crippen LogP contribution in [0.25, 0.3) is 11.1 Å². The molecule has 0 aromatic heterocycles. The summed E-state index contributed by atoms with van der Waals surface area (Å²) in [5, 5.41) is 2.39. The zero-order valence-electron chi connectivity index (χ0n) is 17.6. The van der Waals surface area contributed by atoms with E-state index >= 15 is 0 Å². The fourth-order valence-electron chi connectivity index (χ4n) is 3.79. The van der Waals surface area contributed by atoms with Crippen molar-refractivity contribution in [1.29, 1.82) is 0 Å². The van der Waals surface area contributed by atoms with Crippen molar-refractivity contribution in [3.63, 3.8) is 0 Å². The molecule has 1 N–H and O–H groups in total. The Labute approximate surface area is 188 Å². The lowest BCUT2D eigenvalue weighted by molar-refractivity contribution is -0.137. The van der Waals surface area contributed by atoms with Crippen molar-refractivity contribution in [2.24, 2.45) is 0 Å². The van der Waals surface area contributed by atoms with Gasteiger partial charge in [-0.15, -0.1) is 0 Å². The van der Waals surface area contributed by atoms with E-state index in [1.807, 2.05) is 48.5 Å². The number of halogens is 3. The van der Waals surface area contributed by atoms with Gasteiger partial charge in [0.1, 0.15) is 18.4 Å². The smallest absolute Gasteiger partial charge is 0.416 e. The number of amides is 1. The predicted octanol–water partition coefficient (Wildman–Crippen LogP) is 5.54. The van der Waals surface area contributed by atoms with Crippen LogP contribution in [-0.2, 0) is 15.7 Å². The van der Waals surface area contributed by atoms with Gasteiger partial charge in [-0.25, -0.2) is 9.59 Å². The number of fused-ring (bicyclic) bond motifs is 3. The average Bonchev–Trinajstić information content (AvgIpc) is 3.11. The molecule has 0 heterocycles. The fraction of sp³-hybridized carbons (Fsp3) is 0.200. The van der Waals surface area contributed by atoms with E-state index in [2.05, 4.69) is 5.32 Å². The third-order valence-corrected chi connectivity index (χ3v) is 5.43. The van der Waals surface area contributed by atoms with Gasteiger partial charge in [-0.2, -0.15) is 13.2 Å². The summed E-state index contributed by atoms with van der Waals surface area (Å²) in [6.07, 6.45) is -5.28. The molecule has 1 aliphatic rings. The molecule has 1 atom stereocenters. The van der Waals surface area contributed by atoms with E-state index in [1.54, 1.807) is 0 Å². The lowest BCUT2D eigenvalue weighted by Gasteiger charge is -2.17. The lowest BCUT2D eigenvalue weighted by atomic mass is 9.98. The minimum Gasteiger partial charge on any atom is -0.449 e. The molecular formula is C25H20F3NO4. The molecule has 0 bridgehead atoms. The second-order valence-electron chi connectivity index (χ2n) is 7.63. The van der Waals surface area contributed by atoms with Gasteiger partial charge >= 0.3 is 18.2 Å². The van der Waals surface area contributed by atoms with E-state index in [9.17, 15) is 22.8 Å². The van der Waals surface area contributed by atoms with Crippen LogP contribution in [0, 0.1) is 0 Å². The zero-order valence-corrected chi connectivity index (χ0v) is 17.6. The number of carbonyl (C=O) groups excluding carboxylic acids is 2. The van der Waals surface area contributed by atoms with Crippen molar-refractivity contribution >= 4 is 12.1 Å². The molecule has 8 heteroatoms. The maximum Gasteiger partial charge on any atom is 0.416 e. The summed E-state index contributed by atoms with van der Waals surface area (Å²) < 4.78 is 48.3.